The monoisotopic (exact) mass is 476 g/mol. The van der Waals surface area contributed by atoms with Crippen molar-refractivity contribution in [3.05, 3.63) is 23.8 Å². The van der Waals surface area contributed by atoms with Gasteiger partial charge in [-0.15, -0.1) is 24.0 Å². The predicted octanol–water partition coefficient (Wildman–Crippen LogP) is 2.00. The van der Waals surface area contributed by atoms with Crippen LogP contribution in [0.25, 0.3) is 0 Å². The number of amides is 1. The van der Waals surface area contributed by atoms with Crippen molar-refractivity contribution in [1.29, 1.82) is 0 Å². The summed E-state index contributed by atoms with van der Waals surface area (Å²) in [6.07, 6.45) is 2.19. The highest BCUT2D eigenvalue weighted by Gasteiger charge is 2.17. The number of methoxy groups -OCH3 is 2. The first-order chi connectivity index (χ1) is 12.2. The maximum atomic E-state index is 12.2. The molecule has 2 rings (SSSR count). The van der Waals surface area contributed by atoms with Crippen molar-refractivity contribution >= 4 is 35.8 Å². The first-order valence-corrected chi connectivity index (χ1v) is 8.69. The predicted molar refractivity (Wildman–Crippen MR) is 114 cm³/mol. The highest BCUT2D eigenvalue weighted by molar-refractivity contribution is 14.0. The third-order valence-corrected chi connectivity index (χ3v) is 4.10. The summed E-state index contributed by atoms with van der Waals surface area (Å²) in [4.78, 5) is 18.6. The number of carbonyl (C=O) groups excluding carboxylic acids is 1. The molecular weight excluding hydrogens is 447 g/mol. The van der Waals surface area contributed by atoms with Crippen molar-refractivity contribution < 1.29 is 14.3 Å². The molecule has 2 N–H and O–H groups in total. The molecule has 1 heterocycles. The van der Waals surface area contributed by atoms with Gasteiger partial charge in [0, 0.05) is 25.2 Å². The van der Waals surface area contributed by atoms with E-state index >= 15 is 0 Å². The van der Waals surface area contributed by atoms with Gasteiger partial charge in [0.25, 0.3) is 0 Å². The van der Waals surface area contributed by atoms with Gasteiger partial charge >= 0.3 is 0 Å². The Balaban J connectivity index is 0.00000338. The molecule has 0 aromatic heterocycles. The van der Waals surface area contributed by atoms with Crippen molar-refractivity contribution in [2.45, 2.75) is 26.3 Å². The zero-order valence-corrected chi connectivity index (χ0v) is 18.0. The maximum absolute atomic E-state index is 12.2. The first kappa shape index (κ1) is 22.3. The number of guanidine groups is 1. The lowest BCUT2D eigenvalue weighted by molar-refractivity contribution is -0.128. The molecule has 0 atom stereocenters. The van der Waals surface area contributed by atoms with E-state index in [2.05, 4.69) is 15.6 Å². The summed E-state index contributed by atoms with van der Waals surface area (Å²) in [5, 5.41) is 6.27. The molecule has 0 bridgehead atoms. The maximum Gasteiger partial charge on any atom is 0.241 e. The number of para-hydroxylation sites is 1. The molecule has 1 aliphatic heterocycles. The molecule has 0 aliphatic carbocycles. The first-order valence-electron chi connectivity index (χ1n) is 8.69. The molecule has 26 heavy (non-hydrogen) atoms. The molecule has 7 nitrogen and oxygen atoms in total. The fourth-order valence-corrected chi connectivity index (χ4v) is 2.82. The van der Waals surface area contributed by atoms with E-state index in [1.54, 1.807) is 14.2 Å². The smallest absolute Gasteiger partial charge is 0.241 e. The van der Waals surface area contributed by atoms with Gasteiger partial charge in [0.2, 0.25) is 5.91 Å². The van der Waals surface area contributed by atoms with Gasteiger partial charge in [-0.05, 0) is 25.8 Å². The average molecular weight is 476 g/mol. The number of carbonyl (C=O) groups is 1. The van der Waals surface area contributed by atoms with Crippen LogP contribution in [0.3, 0.4) is 0 Å². The average Bonchev–Trinajstić information content (AvgIpc) is 3.18. The van der Waals surface area contributed by atoms with Crippen LogP contribution in [0.1, 0.15) is 25.3 Å². The zero-order chi connectivity index (χ0) is 18.1. The lowest BCUT2D eigenvalue weighted by atomic mass is 10.2. The van der Waals surface area contributed by atoms with Crippen molar-refractivity contribution in [2.75, 3.05) is 40.4 Å². The van der Waals surface area contributed by atoms with Crippen LogP contribution in [0.2, 0.25) is 0 Å². The van der Waals surface area contributed by atoms with E-state index in [1.807, 2.05) is 30.0 Å². The van der Waals surface area contributed by atoms with Gasteiger partial charge in [-0.3, -0.25) is 4.79 Å². The van der Waals surface area contributed by atoms with E-state index in [0.717, 1.165) is 38.0 Å². The standard InChI is InChI=1S/C18H28N4O3.HI/c1-4-19-18(21-13-16(23)22-10-5-6-11-22)20-12-14-8-7-9-15(24-2)17(14)25-3;/h7-9H,4-6,10-13H2,1-3H3,(H2,19,20,21);1H. The van der Waals surface area contributed by atoms with E-state index in [0.29, 0.717) is 24.0 Å². The number of halogens is 1. The Hall–Kier alpha value is -1.71. The lowest BCUT2D eigenvalue weighted by Crippen LogP contribution is -2.44. The highest BCUT2D eigenvalue weighted by atomic mass is 127. The van der Waals surface area contributed by atoms with Crippen LogP contribution >= 0.6 is 24.0 Å². The molecule has 0 unspecified atom stereocenters. The van der Waals surface area contributed by atoms with Crippen molar-refractivity contribution in [3.63, 3.8) is 0 Å². The van der Waals surface area contributed by atoms with Crippen LogP contribution < -0.4 is 20.1 Å². The Labute approximate surface area is 172 Å². The quantitative estimate of drug-likeness (QED) is 0.358. The number of benzene rings is 1. The van der Waals surface area contributed by atoms with Crippen LogP contribution in [0.4, 0.5) is 0 Å². The van der Waals surface area contributed by atoms with Gasteiger partial charge in [-0.2, -0.15) is 0 Å². The number of ether oxygens (including phenoxy) is 2. The molecule has 1 aliphatic rings. The van der Waals surface area contributed by atoms with E-state index in [-0.39, 0.29) is 36.4 Å². The molecule has 0 saturated carbocycles. The van der Waals surface area contributed by atoms with Crippen molar-refractivity contribution in [1.82, 2.24) is 15.5 Å². The van der Waals surface area contributed by atoms with E-state index in [4.69, 9.17) is 9.47 Å². The topological polar surface area (TPSA) is 75.2 Å². The largest absolute Gasteiger partial charge is 0.493 e. The summed E-state index contributed by atoms with van der Waals surface area (Å²) in [5.74, 6) is 2.08. The second-order valence-electron chi connectivity index (χ2n) is 5.79. The SMILES string of the molecule is CCNC(=NCc1cccc(OC)c1OC)NCC(=O)N1CCCC1.I. The van der Waals surface area contributed by atoms with Gasteiger partial charge in [0.05, 0.1) is 27.3 Å². The fraction of sp³-hybridized carbons (Fsp3) is 0.556. The Morgan fingerprint density at radius 1 is 1.19 bits per heavy atom. The second kappa shape index (κ2) is 11.8. The van der Waals surface area contributed by atoms with Gasteiger partial charge in [0.1, 0.15) is 0 Å². The molecule has 146 valence electrons. The molecule has 1 fully saturated rings. The number of hydrogen-bond acceptors (Lipinski definition) is 4. The Morgan fingerprint density at radius 2 is 1.92 bits per heavy atom. The number of aliphatic imine (C=N–C) groups is 1. The number of rotatable bonds is 7. The molecule has 0 spiro atoms. The normalized spacial score (nSPS) is 13.8. The van der Waals surface area contributed by atoms with Crippen LogP contribution in [0.15, 0.2) is 23.2 Å². The Morgan fingerprint density at radius 3 is 2.54 bits per heavy atom. The lowest BCUT2D eigenvalue weighted by Gasteiger charge is -2.17. The van der Waals surface area contributed by atoms with Crippen molar-refractivity contribution in [2.24, 2.45) is 4.99 Å². The van der Waals surface area contributed by atoms with Crippen LogP contribution in [-0.4, -0.2) is 57.2 Å². The summed E-state index contributed by atoms with van der Waals surface area (Å²) in [6, 6.07) is 5.71. The second-order valence-corrected chi connectivity index (χ2v) is 5.79. The molecule has 0 radical (unpaired) electrons. The van der Waals surface area contributed by atoms with Crippen LogP contribution in [0.5, 0.6) is 11.5 Å². The number of nitrogens with zero attached hydrogens (tertiary/aromatic N) is 2. The molecule has 8 heteroatoms. The zero-order valence-electron chi connectivity index (χ0n) is 15.7. The molecule has 1 aromatic carbocycles. The summed E-state index contributed by atoms with van der Waals surface area (Å²) in [5.41, 5.74) is 0.921. The minimum atomic E-state index is 0. The van der Waals surface area contributed by atoms with E-state index < -0.39 is 0 Å². The van der Waals surface area contributed by atoms with Crippen LogP contribution in [-0.2, 0) is 11.3 Å². The third-order valence-electron chi connectivity index (χ3n) is 4.10. The van der Waals surface area contributed by atoms with E-state index in [1.165, 1.54) is 0 Å². The van der Waals surface area contributed by atoms with Gasteiger partial charge in [-0.25, -0.2) is 4.99 Å². The van der Waals surface area contributed by atoms with Crippen molar-refractivity contribution in [3.8, 4) is 11.5 Å². The third kappa shape index (κ3) is 6.22. The van der Waals surface area contributed by atoms with Gasteiger partial charge in [-0.1, -0.05) is 12.1 Å². The summed E-state index contributed by atoms with van der Waals surface area (Å²) < 4.78 is 10.7. The fourth-order valence-electron chi connectivity index (χ4n) is 2.82. The summed E-state index contributed by atoms with van der Waals surface area (Å²) in [7, 11) is 3.23. The summed E-state index contributed by atoms with van der Waals surface area (Å²) in [6.45, 7) is 5.10. The molecule has 1 saturated heterocycles. The minimum absolute atomic E-state index is 0. The molecule has 1 amide bonds. The number of likely N-dealkylation sites (tertiary alicyclic amines) is 1. The Bertz CT molecular complexity index is 604. The summed E-state index contributed by atoms with van der Waals surface area (Å²) >= 11 is 0. The number of nitrogens with one attached hydrogen (secondary N) is 2. The molecular formula is C18H29IN4O3. The highest BCUT2D eigenvalue weighted by Crippen LogP contribution is 2.30. The van der Waals surface area contributed by atoms with Gasteiger partial charge in [0.15, 0.2) is 17.5 Å². The number of hydrogen-bond donors (Lipinski definition) is 2. The Kier molecular flexibility index (Phi) is 10.2. The molecule has 1 aromatic rings. The minimum Gasteiger partial charge on any atom is -0.493 e. The van der Waals surface area contributed by atoms with Gasteiger partial charge < -0.3 is 25.0 Å². The van der Waals surface area contributed by atoms with Crippen LogP contribution in [0, 0.1) is 0 Å². The van der Waals surface area contributed by atoms with E-state index in [9.17, 15) is 4.79 Å².